The minimum atomic E-state index is 0.0113. The Morgan fingerprint density at radius 1 is 0.810 bits per heavy atom. The van der Waals surface area contributed by atoms with Crippen molar-refractivity contribution in [1.82, 2.24) is 0 Å². The maximum absolute atomic E-state index is 6.42. The van der Waals surface area contributed by atoms with Crippen molar-refractivity contribution in [2.75, 3.05) is 7.11 Å². The second kappa shape index (κ2) is 5.43. The first-order chi connectivity index (χ1) is 10.4. The van der Waals surface area contributed by atoms with Gasteiger partial charge in [0.1, 0.15) is 0 Å². The van der Waals surface area contributed by atoms with Crippen molar-refractivity contribution in [2.45, 2.75) is 57.0 Å². The standard InChI is InChI=1S/C20H28O/c1-21-20(15-9-3-2-4-10-15)18-13-7-5-11-16(18)17-12-6-8-14-19(17)20/h2-4,9-10,16-19H,5-8,11-14H2,1H3/t16-,17+,18+,19-,20?. The van der Waals surface area contributed by atoms with Crippen LogP contribution < -0.4 is 0 Å². The predicted octanol–water partition coefficient (Wildman–Crippen LogP) is 5.15. The molecule has 1 aromatic rings. The first kappa shape index (κ1) is 13.8. The third-order valence-corrected chi connectivity index (χ3v) is 6.85. The van der Waals surface area contributed by atoms with Gasteiger partial charge in [0.25, 0.3) is 0 Å². The Kier molecular flexibility index (Phi) is 3.57. The molecule has 0 saturated heterocycles. The summed E-state index contributed by atoms with van der Waals surface area (Å²) in [4.78, 5) is 0. The number of rotatable bonds is 2. The first-order valence-electron chi connectivity index (χ1n) is 8.98. The van der Waals surface area contributed by atoms with Crippen molar-refractivity contribution in [3.63, 3.8) is 0 Å². The van der Waals surface area contributed by atoms with Crippen LogP contribution in [0, 0.1) is 23.7 Å². The van der Waals surface area contributed by atoms with E-state index in [1.165, 1.54) is 56.9 Å². The largest absolute Gasteiger partial charge is 0.373 e. The lowest BCUT2D eigenvalue weighted by Crippen LogP contribution is -2.41. The molecule has 21 heavy (non-hydrogen) atoms. The summed E-state index contributed by atoms with van der Waals surface area (Å²) in [5, 5.41) is 0. The summed E-state index contributed by atoms with van der Waals surface area (Å²) in [7, 11) is 1.98. The highest BCUT2D eigenvalue weighted by molar-refractivity contribution is 5.29. The molecule has 0 heterocycles. The predicted molar refractivity (Wildman–Crippen MR) is 86.0 cm³/mol. The molecular formula is C20H28O. The zero-order valence-corrected chi connectivity index (χ0v) is 13.3. The van der Waals surface area contributed by atoms with E-state index in [0.717, 1.165) is 23.7 Å². The van der Waals surface area contributed by atoms with Gasteiger partial charge < -0.3 is 4.74 Å². The van der Waals surface area contributed by atoms with Crippen molar-refractivity contribution < 1.29 is 4.74 Å². The highest BCUT2D eigenvalue weighted by Crippen LogP contribution is 2.64. The third-order valence-electron chi connectivity index (χ3n) is 6.85. The normalized spacial score (nSPS) is 42.3. The van der Waals surface area contributed by atoms with Gasteiger partial charge in [0, 0.05) is 7.11 Å². The molecule has 0 amide bonds. The van der Waals surface area contributed by atoms with Crippen LogP contribution in [0.1, 0.15) is 56.9 Å². The molecule has 1 aromatic carbocycles. The number of benzene rings is 1. The van der Waals surface area contributed by atoms with Crippen LogP contribution in [0.4, 0.5) is 0 Å². The molecule has 0 spiro atoms. The summed E-state index contributed by atoms with van der Waals surface area (Å²) in [5.41, 5.74) is 1.47. The molecular weight excluding hydrogens is 256 g/mol. The minimum absolute atomic E-state index is 0.0113. The van der Waals surface area contributed by atoms with E-state index in [1.807, 2.05) is 7.11 Å². The molecule has 4 rings (SSSR count). The first-order valence-corrected chi connectivity index (χ1v) is 8.98. The van der Waals surface area contributed by atoms with E-state index in [0.29, 0.717) is 0 Å². The average Bonchev–Trinajstić information content (AvgIpc) is 2.87. The molecule has 0 aromatic heterocycles. The van der Waals surface area contributed by atoms with E-state index < -0.39 is 0 Å². The Morgan fingerprint density at radius 3 is 1.86 bits per heavy atom. The van der Waals surface area contributed by atoms with Crippen LogP contribution in [0.15, 0.2) is 30.3 Å². The van der Waals surface area contributed by atoms with Gasteiger partial charge >= 0.3 is 0 Å². The van der Waals surface area contributed by atoms with E-state index >= 15 is 0 Å². The molecule has 114 valence electrons. The van der Waals surface area contributed by atoms with Crippen LogP contribution in [0.25, 0.3) is 0 Å². The van der Waals surface area contributed by atoms with Crippen LogP contribution >= 0.6 is 0 Å². The Labute approximate surface area is 129 Å². The van der Waals surface area contributed by atoms with Gasteiger partial charge in [-0.3, -0.25) is 0 Å². The zero-order chi connectivity index (χ0) is 14.3. The molecule has 3 aliphatic carbocycles. The van der Waals surface area contributed by atoms with Gasteiger partial charge in [-0.1, -0.05) is 56.0 Å². The van der Waals surface area contributed by atoms with E-state index in [1.54, 1.807) is 0 Å². The van der Waals surface area contributed by atoms with Gasteiger partial charge in [-0.05, 0) is 54.9 Å². The van der Waals surface area contributed by atoms with Crippen molar-refractivity contribution in [3.05, 3.63) is 35.9 Å². The Morgan fingerprint density at radius 2 is 1.33 bits per heavy atom. The Balaban J connectivity index is 1.83. The number of hydrogen-bond donors (Lipinski definition) is 0. The van der Waals surface area contributed by atoms with Crippen LogP contribution in [0.3, 0.4) is 0 Å². The molecule has 3 aliphatic rings. The summed E-state index contributed by atoms with van der Waals surface area (Å²) in [6.07, 6.45) is 11.3. The van der Waals surface area contributed by atoms with Gasteiger partial charge in [0.05, 0.1) is 5.60 Å². The quantitative estimate of drug-likeness (QED) is 0.729. The lowest BCUT2D eigenvalue weighted by atomic mass is 9.70. The van der Waals surface area contributed by atoms with Gasteiger partial charge in [-0.25, -0.2) is 0 Å². The van der Waals surface area contributed by atoms with Gasteiger partial charge in [0.2, 0.25) is 0 Å². The second-order valence-electron chi connectivity index (χ2n) is 7.47. The molecule has 1 unspecified atom stereocenters. The molecule has 3 fully saturated rings. The fraction of sp³-hybridized carbons (Fsp3) is 0.700. The number of methoxy groups -OCH3 is 1. The highest BCUT2D eigenvalue weighted by Gasteiger charge is 2.61. The number of fused-ring (bicyclic) bond motifs is 3. The molecule has 0 radical (unpaired) electrons. The molecule has 1 heteroatoms. The van der Waals surface area contributed by atoms with E-state index in [4.69, 9.17) is 4.74 Å². The van der Waals surface area contributed by atoms with Crippen LogP contribution in [0.2, 0.25) is 0 Å². The summed E-state index contributed by atoms with van der Waals surface area (Å²) in [5.74, 6) is 3.35. The lowest BCUT2D eigenvalue weighted by molar-refractivity contribution is -0.0993. The molecule has 0 bridgehead atoms. The Hall–Kier alpha value is -0.820. The monoisotopic (exact) mass is 284 g/mol. The van der Waals surface area contributed by atoms with E-state index in [2.05, 4.69) is 30.3 Å². The second-order valence-corrected chi connectivity index (χ2v) is 7.47. The molecule has 0 N–H and O–H groups in total. The fourth-order valence-electron chi connectivity index (χ4n) is 6.23. The highest BCUT2D eigenvalue weighted by atomic mass is 16.5. The zero-order valence-electron chi connectivity index (χ0n) is 13.3. The van der Waals surface area contributed by atoms with E-state index in [-0.39, 0.29) is 5.60 Å². The lowest BCUT2D eigenvalue weighted by Gasteiger charge is -2.43. The molecule has 3 saturated carbocycles. The van der Waals surface area contributed by atoms with Crippen molar-refractivity contribution >= 4 is 0 Å². The maximum atomic E-state index is 6.42. The van der Waals surface area contributed by atoms with Gasteiger partial charge in [0.15, 0.2) is 0 Å². The van der Waals surface area contributed by atoms with Crippen LogP contribution in [-0.4, -0.2) is 7.11 Å². The van der Waals surface area contributed by atoms with Gasteiger partial charge in [-0.2, -0.15) is 0 Å². The van der Waals surface area contributed by atoms with Crippen molar-refractivity contribution in [2.24, 2.45) is 23.7 Å². The fourth-order valence-corrected chi connectivity index (χ4v) is 6.23. The number of ether oxygens (including phenoxy) is 1. The number of hydrogen-bond acceptors (Lipinski definition) is 1. The van der Waals surface area contributed by atoms with Crippen molar-refractivity contribution in [3.8, 4) is 0 Å². The van der Waals surface area contributed by atoms with Crippen LogP contribution in [0.5, 0.6) is 0 Å². The maximum Gasteiger partial charge on any atom is 0.0988 e. The minimum Gasteiger partial charge on any atom is -0.373 e. The van der Waals surface area contributed by atoms with E-state index in [9.17, 15) is 0 Å². The Bertz CT molecular complexity index is 458. The van der Waals surface area contributed by atoms with Crippen LogP contribution in [-0.2, 0) is 10.3 Å². The molecule has 1 nitrogen and oxygen atoms in total. The van der Waals surface area contributed by atoms with Crippen molar-refractivity contribution in [1.29, 1.82) is 0 Å². The summed E-state index contributed by atoms with van der Waals surface area (Å²) < 4.78 is 6.42. The summed E-state index contributed by atoms with van der Waals surface area (Å²) in [6, 6.07) is 11.2. The van der Waals surface area contributed by atoms with Gasteiger partial charge in [-0.15, -0.1) is 0 Å². The molecule has 5 atom stereocenters. The average molecular weight is 284 g/mol. The summed E-state index contributed by atoms with van der Waals surface area (Å²) >= 11 is 0. The SMILES string of the molecule is COC1(c2ccccc2)[C@@H]2CCCC[C@H]2[C@H]2CCCC[C@@H]21. The third kappa shape index (κ3) is 1.93. The molecule has 0 aliphatic heterocycles. The topological polar surface area (TPSA) is 9.23 Å². The smallest absolute Gasteiger partial charge is 0.0988 e. The summed E-state index contributed by atoms with van der Waals surface area (Å²) in [6.45, 7) is 0.